The molecule has 4 heteroatoms. The summed E-state index contributed by atoms with van der Waals surface area (Å²) in [6, 6.07) is 18.5. The standard InChI is InChI=1S/C22H28ClNO.ClH/c1-22(19-9-5-4-6-10-19,20-11-13-21(23)14-12-20)25-18-17-24-15-7-2-3-8-16-24;/h4-6,9-14H,2-3,7-8,15-18H2,1H3;1H/t22-;/m1./s1. The minimum atomic E-state index is -0.461. The van der Waals surface area contributed by atoms with Crippen molar-refractivity contribution in [3.05, 3.63) is 70.7 Å². The van der Waals surface area contributed by atoms with Crippen molar-refractivity contribution in [3.63, 3.8) is 0 Å². The molecule has 1 fully saturated rings. The van der Waals surface area contributed by atoms with Crippen LogP contribution in [-0.4, -0.2) is 31.1 Å². The molecule has 0 unspecified atom stereocenters. The lowest BCUT2D eigenvalue weighted by Gasteiger charge is -2.32. The van der Waals surface area contributed by atoms with Crippen LogP contribution in [0.25, 0.3) is 0 Å². The van der Waals surface area contributed by atoms with Gasteiger partial charge in [0.05, 0.1) is 6.61 Å². The van der Waals surface area contributed by atoms with Crippen molar-refractivity contribution < 1.29 is 4.74 Å². The van der Waals surface area contributed by atoms with Crippen molar-refractivity contribution in [2.24, 2.45) is 0 Å². The van der Waals surface area contributed by atoms with Gasteiger partial charge in [0.25, 0.3) is 0 Å². The predicted molar refractivity (Wildman–Crippen MR) is 112 cm³/mol. The third kappa shape index (κ3) is 5.47. The maximum atomic E-state index is 6.50. The first-order valence-corrected chi connectivity index (χ1v) is 9.74. The molecule has 0 bridgehead atoms. The molecule has 142 valence electrons. The number of rotatable bonds is 6. The molecular weight excluding hydrogens is 365 g/mol. The van der Waals surface area contributed by atoms with Crippen molar-refractivity contribution >= 4 is 24.0 Å². The van der Waals surface area contributed by atoms with E-state index in [1.807, 2.05) is 18.2 Å². The third-order valence-corrected chi connectivity index (χ3v) is 5.47. The molecule has 1 heterocycles. The van der Waals surface area contributed by atoms with Crippen LogP contribution in [0, 0.1) is 0 Å². The summed E-state index contributed by atoms with van der Waals surface area (Å²) in [5.41, 5.74) is 1.85. The van der Waals surface area contributed by atoms with Crippen molar-refractivity contribution in [1.29, 1.82) is 0 Å². The minimum absolute atomic E-state index is 0. The molecule has 0 amide bonds. The zero-order valence-corrected chi connectivity index (χ0v) is 17.1. The largest absolute Gasteiger partial charge is 0.365 e. The van der Waals surface area contributed by atoms with E-state index in [2.05, 4.69) is 48.2 Å². The number of hydrogen-bond donors (Lipinski definition) is 0. The number of benzene rings is 2. The molecule has 0 N–H and O–H groups in total. The second kappa shape index (κ2) is 10.3. The smallest absolute Gasteiger partial charge is 0.115 e. The Balaban J connectivity index is 0.00000243. The van der Waals surface area contributed by atoms with E-state index < -0.39 is 5.60 Å². The Morgan fingerprint density at radius 1 is 0.885 bits per heavy atom. The molecule has 0 saturated carbocycles. The first-order chi connectivity index (χ1) is 12.2. The highest BCUT2D eigenvalue weighted by atomic mass is 35.5. The lowest BCUT2D eigenvalue weighted by molar-refractivity contribution is -0.0141. The molecule has 1 atom stereocenters. The van der Waals surface area contributed by atoms with Crippen LogP contribution in [0.3, 0.4) is 0 Å². The monoisotopic (exact) mass is 393 g/mol. The Kier molecular flexibility index (Phi) is 8.43. The van der Waals surface area contributed by atoms with Gasteiger partial charge in [0.15, 0.2) is 0 Å². The fraction of sp³-hybridized carbons (Fsp3) is 0.455. The van der Waals surface area contributed by atoms with E-state index in [0.29, 0.717) is 0 Å². The molecule has 0 radical (unpaired) electrons. The molecule has 2 aromatic rings. The van der Waals surface area contributed by atoms with Gasteiger partial charge in [-0.05, 0) is 56.1 Å². The Bertz CT molecular complexity index is 639. The average Bonchev–Trinajstić information content (AvgIpc) is 2.92. The van der Waals surface area contributed by atoms with Crippen molar-refractivity contribution in [3.8, 4) is 0 Å². The van der Waals surface area contributed by atoms with Crippen LogP contribution in [0.5, 0.6) is 0 Å². The quantitative estimate of drug-likeness (QED) is 0.603. The van der Waals surface area contributed by atoms with Crippen LogP contribution < -0.4 is 0 Å². The Morgan fingerprint density at radius 2 is 1.46 bits per heavy atom. The zero-order valence-electron chi connectivity index (χ0n) is 15.5. The van der Waals surface area contributed by atoms with Gasteiger partial charge in [-0.1, -0.05) is 66.9 Å². The fourth-order valence-electron chi connectivity index (χ4n) is 3.60. The van der Waals surface area contributed by atoms with Gasteiger partial charge in [-0.3, -0.25) is 0 Å². The highest BCUT2D eigenvalue weighted by Gasteiger charge is 2.30. The summed E-state index contributed by atoms with van der Waals surface area (Å²) in [4.78, 5) is 2.54. The number of likely N-dealkylation sites (tertiary alicyclic amines) is 1. The Hall–Kier alpha value is -1.06. The number of nitrogens with zero attached hydrogens (tertiary/aromatic N) is 1. The Labute approximate surface area is 168 Å². The summed E-state index contributed by atoms with van der Waals surface area (Å²) < 4.78 is 6.50. The molecule has 0 aliphatic carbocycles. The van der Waals surface area contributed by atoms with E-state index in [-0.39, 0.29) is 12.4 Å². The molecule has 0 spiro atoms. The number of hydrogen-bond acceptors (Lipinski definition) is 2. The molecule has 2 nitrogen and oxygen atoms in total. The lowest BCUT2D eigenvalue weighted by atomic mass is 9.88. The van der Waals surface area contributed by atoms with E-state index >= 15 is 0 Å². The van der Waals surface area contributed by atoms with Crippen molar-refractivity contribution in [2.75, 3.05) is 26.2 Å². The lowest BCUT2D eigenvalue weighted by Crippen LogP contribution is -2.34. The number of ether oxygens (including phenoxy) is 1. The van der Waals surface area contributed by atoms with Gasteiger partial charge in [0.1, 0.15) is 5.60 Å². The summed E-state index contributed by atoms with van der Waals surface area (Å²) >= 11 is 6.08. The summed E-state index contributed by atoms with van der Waals surface area (Å²) in [7, 11) is 0. The summed E-state index contributed by atoms with van der Waals surface area (Å²) in [5, 5.41) is 0.753. The molecule has 3 rings (SSSR count). The van der Waals surface area contributed by atoms with Gasteiger partial charge < -0.3 is 9.64 Å². The second-order valence-electron chi connectivity index (χ2n) is 7.01. The van der Waals surface area contributed by atoms with Crippen LogP contribution in [0.15, 0.2) is 54.6 Å². The maximum absolute atomic E-state index is 6.50. The third-order valence-electron chi connectivity index (χ3n) is 5.22. The van der Waals surface area contributed by atoms with Crippen LogP contribution in [0.4, 0.5) is 0 Å². The van der Waals surface area contributed by atoms with E-state index in [1.54, 1.807) is 0 Å². The number of halogens is 2. The van der Waals surface area contributed by atoms with Gasteiger partial charge in [0, 0.05) is 11.6 Å². The van der Waals surface area contributed by atoms with E-state index in [9.17, 15) is 0 Å². The van der Waals surface area contributed by atoms with E-state index in [0.717, 1.165) is 23.7 Å². The first-order valence-electron chi connectivity index (χ1n) is 9.36. The molecule has 2 aromatic carbocycles. The predicted octanol–water partition coefficient (Wildman–Crippen LogP) is 5.92. The highest BCUT2D eigenvalue weighted by molar-refractivity contribution is 6.30. The molecule has 1 saturated heterocycles. The molecule has 26 heavy (non-hydrogen) atoms. The average molecular weight is 394 g/mol. The summed E-state index contributed by atoms with van der Waals surface area (Å²) in [6.07, 6.45) is 5.36. The van der Waals surface area contributed by atoms with Crippen molar-refractivity contribution in [1.82, 2.24) is 4.90 Å². The highest BCUT2D eigenvalue weighted by Crippen LogP contribution is 2.34. The normalized spacial score (nSPS) is 17.8. The minimum Gasteiger partial charge on any atom is -0.365 e. The molecule has 1 aliphatic rings. The summed E-state index contributed by atoms with van der Waals surface area (Å²) in [5.74, 6) is 0. The van der Waals surface area contributed by atoms with Crippen LogP contribution in [0.2, 0.25) is 5.02 Å². The maximum Gasteiger partial charge on any atom is 0.115 e. The second-order valence-corrected chi connectivity index (χ2v) is 7.45. The summed E-state index contributed by atoms with van der Waals surface area (Å²) in [6.45, 7) is 6.29. The van der Waals surface area contributed by atoms with Gasteiger partial charge >= 0.3 is 0 Å². The first kappa shape index (κ1) is 21.2. The van der Waals surface area contributed by atoms with Crippen LogP contribution in [0.1, 0.15) is 43.7 Å². The molecule has 1 aliphatic heterocycles. The molecule has 0 aromatic heterocycles. The molecular formula is C22H29Cl2NO. The van der Waals surface area contributed by atoms with Crippen LogP contribution >= 0.6 is 24.0 Å². The zero-order chi connectivity index (χ0) is 17.5. The fourth-order valence-corrected chi connectivity index (χ4v) is 3.72. The van der Waals surface area contributed by atoms with E-state index in [4.69, 9.17) is 16.3 Å². The Morgan fingerprint density at radius 3 is 2.08 bits per heavy atom. The van der Waals surface area contributed by atoms with Gasteiger partial charge in [-0.2, -0.15) is 0 Å². The van der Waals surface area contributed by atoms with Crippen molar-refractivity contribution in [2.45, 2.75) is 38.2 Å². The van der Waals surface area contributed by atoms with E-state index in [1.165, 1.54) is 44.3 Å². The topological polar surface area (TPSA) is 12.5 Å². The SMILES string of the molecule is C[C@@](OCCN1CCCCCC1)(c1ccccc1)c1ccc(Cl)cc1.Cl. The van der Waals surface area contributed by atoms with Gasteiger partial charge in [0.2, 0.25) is 0 Å². The van der Waals surface area contributed by atoms with Gasteiger partial charge in [-0.25, -0.2) is 0 Å². The van der Waals surface area contributed by atoms with Crippen LogP contribution in [-0.2, 0) is 10.3 Å². The van der Waals surface area contributed by atoms with Gasteiger partial charge in [-0.15, -0.1) is 12.4 Å².